The Bertz CT molecular complexity index is 288. The van der Waals surface area contributed by atoms with Crippen LogP contribution in [0.1, 0.15) is 27.2 Å². The first-order valence-electron chi connectivity index (χ1n) is 4.78. The van der Waals surface area contributed by atoms with Gasteiger partial charge in [-0.25, -0.2) is 8.42 Å². The maximum atomic E-state index is 11.4. The minimum Gasteiger partial charge on any atom is -0.312 e. The topological polar surface area (TPSA) is 46.2 Å². The smallest absolute Gasteiger partial charge is 0.153 e. The zero-order valence-electron chi connectivity index (χ0n) is 9.08. The summed E-state index contributed by atoms with van der Waals surface area (Å²) in [5.41, 5.74) is 0. The molecule has 0 aliphatic carbocycles. The van der Waals surface area contributed by atoms with E-state index in [1.165, 1.54) is 0 Å². The molecule has 0 saturated heterocycles. The quantitative estimate of drug-likeness (QED) is 0.670. The van der Waals surface area contributed by atoms with Gasteiger partial charge in [-0.05, 0) is 20.8 Å². The molecule has 0 fully saturated rings. The molecule has 0 aromatic rings. The summed E-state index contributed by atoms with van der Waals surface area (Å²) in [5, 5.41) is 2.77. The monoisotopic (exact) mass is 217 g/mol. The van der Waals surface area contributed by atoms with Crippen LogP contribution in [0.25, 0.3) is 0 Å². The van der Waals surface area contributed by atoms with Crippen molar-refractivity contribution in [3.05, 3.63) is 0 Å². The summed E-state index contributed by atoms with van der Waals surface area (Å²) in [6, 6.07) is 0.183. The molecule has 0 saturated carbocycles. The summed E-state index contributed by atoms with van der Waals surface area (Å²) in [6.07, 6.45) is 5.75. The SMILES string of the molecule is C#CCC(C)NCCS(=O)(=O)C(C)C. The Kier molecular flexibility index (Phi) is 5.82. The molecule has 1 atom stereocenters. The average molecular weight is 217 g/mol. The van der Waals surface area contributed by atoms with Gasteiger partial charge in [0.15, 0.2) is 9.84 Å². The first-order chi connectivity index (χ1) is 6.40. The highest BCUT2D eigenvalue weighted by Crippen LogP contribution is 1.99. The lowest BCUT2D eigenvalue weighted by atomic mass is 10.2. The van der Waals surface area contributed by atoms with Crippen molar-refractivity contribution in [3.63, 3.8) is 0 Å². The zero-order chi connectivity index (χ0) is 11.2. The molecule has 4 heteroatoms. The van der Waals surface area contributed by atoms with Gasteiger partial charge in [0.25, 0.3) is 0 Å². The molecule has 0 amide bonds. The molecule has 14 heavy (non-hydrogen) atoms. The molecule has 82 valence electrons. The summed E-state index contributed by atoms with van der Waals surface area (Å²) in [4.78, 5) is 0. The average Bonchev–Trinajstić information content (AvgIpc) is 2.04. The van der Waals surface area contributed by atoms with E-state index in [0.29, 0.717) is 13.0 Å². The highest BCUT2D eigenvalue weighted by Gasteiger charge is 2.15. The van der Waals surface area contributed by atoms with Gasteiger partial charge in [-0.1, -0.05) is 0 Å². The van der Waals surface area contributed by atoms with E-state index in [4.69, 9.17) is 6.42 Å². The van der Waals surface area contributed by atoms with E-state index in [1.54, 1.807) is 13.8 Å². The second kappa shape index (κ2) is 6.05. The number of nitrogens with one attached hydrogen (secondary N) is 1. The van der Waals surface area contributed by atoms with Crippen LogP contribution < -0.4 is 5.32 Å². The van der Waals surface area contributed by atoms with Crippen LogP contribution >= 0.6 is 0 Å². The van der Waals surface area contributed by atoms with Gasteiger partial charge in [-0.2, -0.15) is 0 Å². The Morgan fingerprint density at radius 2 is 1.93 bits per heavy atom. The van der Waals surface area contributed by atoms with Gasteiger partial charge in [0.05, 0.1) is 11.0 Å². The van der Waals surface area contributed by atoms with Crippen LogP contribution in [0.5, 0.6) is 0 Å². The summed E-state index contributed by atoms with van der Waals surface area (Å²) >= 11 is 0. The van der Waals surface area contributed by atoms with E-state index in [-0.39, 0.29) is 17.0 Å². The molecule has 0 heterocycles. The van der Waals surface area contributed by atoms with Crippen molar-refractivity contribution in [2.75, 3.05) is 12.3 Å². The van der Waals surface area contributed by atoms with Crippen molar-refractivity contribution in [2.24, 2.45) is 0 Å². The molecule has 0 aliphatic rings. The predicted octanol–water partition coefficient (Wildman–Crippen LogP) is 0.811. The van der Waals surface area contributed by atoms with E-state index in [0.717, 1.165) is 0 Å². The zero-order valence-corrected chi connectivity index (χ0v) is 9.89. The number of terminal acetylenes is 1. The summed E-state index contributed by atoms with van der Waals surface area (Å²) in [5.74, 6) is 2.71. The van der Waals surface area contributed by atoms with Gasteiger partial charge >= 0.3 is 0 Å². The minimum absolute atomic E-state index is 0.180. The van der Waals surface area contributed by atoms with Crippen LogP contribution in [0.4, 0.5) is 0 Å². The first kappa shape index (κ1) is 13.5. The van der Waals surface area contributed by atoms with Crippen LogP contribution in [0.3, 0.4) is 0 Å². The lowest BCUT2D eigenvalue weighted by molar-refractivity contribution is 0.560. The van der Waals surface area contributed by atoms with Gasteiger partial charge in [0.2, 0.25) is 0 Å². The Labute approximate surface area is 87.2 Å². The van der Waals surface area contributed by atoms with Crippen molar-refractivity contribution in [3.8, 4) is 12.3 Å². The van der Waals surface area contributed by atoms with Crippen LogP contribution in [-0.4, -0.2) is 32.0 Å². The fourth-order valence-electron chi connectivity index (χ4n) is 0.932. The first-order valence-corrected chi connectivity index (χ1v) is 6.50. The van der Waals surface area contributed by atoms with Gasteiger partial charge in [-0.15, -0.1) is 12.3 Å². The van der Waals surface area contributed by atoms with Crippen LogP contribution in [0.15, 0.2) is 0 Å². The van der Waals surface area contributed by atoms with Gasteiger partial charge in [-0.3, -0.25) is 0 Å². The fourth-order valence-corrected chi connectivity index (χ4v) is 1.81. The molecular formula is C10H19NO2S. The van der Waals surface area contributed by atoms with Crippen molar-refractivity contribution in [2.45, 2.75) is 38.5 Å². The van der Waals surface area contributed by atoms with Crippen molar-refractivity contribution in [1.82, 2.24) is 5.32 Å². The summed E-state index contributed by atoms with van der Waals surface area (Å²) in [6.45, 7) is 5.81. The standard InChI is InChI=1S/C10H19NO2S/c1-5-6-10(4)11-7-8-14(12,13)9(2)3/h1,9-11H,6-8H2,2-4H3. The summed E-state index contributed by atoms with van der Waals surface area (Å²) < 4.78 is 22.8. The van der Waals surface area contributed by atoms with Crippen LogP contribution in [0.2, 0.25) is 0 Å². The number of rotatable bonds is 6. The highest BCUT2D eigenvalue weighted by atomic mass is 32.2. The number of hydrogen-bond donors (Lipinski definition) is 1. The largest absolute Gasteiger partial charge is 0.312 e. The molecule has 0 bridgehead atoms. The van der Waals surface area contributed by atoms with E-state index in [9.17, 15) is 8.42 Å². The predicted molar refractivity (Wildman–Crippen MR) is 59.8 cm³/mol. The Morgan fingerprint density at radius 3 is 2.36 bits per heavy atom. The highest BCUT2D eigenvalue weighted by molar-refractivity contribution is 7.92. The fraction of sp³-hybridized carbons (Fsp3) is 0.800. The maximum absolute atomic E-state index is 11.4. The minimum atomic E-state index is -2.92. The Hall–Kier alpha value is -0.530. The Morgan fingerprint density at radius 1 is 1.36 bits per heavy atom. The third-order valence-corrected chi connectivity index (χ3v) is 4.23. The molecule has 0 spiro atoms. The molecule has 0 aliphatic heterocycles. The molecule has 0 rings (SSSR count). The molecule has 1 unspecified atom stereocenters. The lowest BCUT2D eigenvalue weighted by Crippen LogP contribution is -2.32. The normalized spacial score (nSPS) is 13.9. The van der Waals surface area contributed by atoms with Gasteiger partial charge in [0.1, 0.15) is 0 Å². The van der Waals surface area contributed by atoms with E-state index >= 15 is 0 Å². The third-order valence-electron chi connectivity index (χ3n) is 2.02. The number of sulfone groups is 1. The molecule has 0 aromatic heterocycles. The second-order valence-electron chi connectivity index (χ2n) is 3.68. The molecular weight excluding hydrogens is 198 g/mol. The second-order valence-corrected chi connectivity index (χ2v) is 6.36. The lowest BCUT2D eigenvalue weighted by Gasteiger charge is -2.12. The van der Waals surface area contributed by atoms with Crippen molar-refractivity contribution in [1.29, 1.82) is 0 Å². The maximum Gasteiger partial charge on any atom is 0.153 e. The third kappa shape index (κ3) is 5.25. The van der Waals surface area contributed by atoms with Crippen molar-refractivity contribution >= 4 is 9.84 Å². The van der Waals surface area contributed by atoms with E-state index < -0.39 is 9.84 Å². The molecule has 3 nitrogen and oxygen atoms in total. The molecule has 1 N–H and O–H groups in total. The van der Waals surface area contributed by atoms with Gasteiger partial charge < -0.3 is 5.32 Å². The van der Waals surface area contributed by atoms with E-state index in [1.807, 2.05) is 6.92 Å². The van der Waals surface area contributed by atoms with Gasteiger partial charge in [0, 0.05) is 19.0 Å². The van der Waals surface area contributed by atoms with E-state index in [2.05, 4.69) is 11.2 Å². The van der Waals surface area contributed by atoms with Crippen LogP contribution in [-0.2, 0) is 9.84 Å². The van der Waals surface area contributed by atoms with Crippen LogP contribution in [0, 0.1) is 12.3 Å². The molecule has 0 radical (unpaired) electrons. The Balaban J connectivity index is 3.81. The molecule has 0 aromatic carbocycles. The summed E-state index contributed by atoms with van der Waals surface area (Å²) in [7, 11) is -2.92. The van der Waals surface area contributed by atoms with Crippen molar-refractivity contribution < 1.29 is 8.42 Å². The number of hydrogen-bond acceptors (Lipinski definition) is 3.